The SMILES string of the molecule is c1ccc(-c2ccc3cc(N(c4ccc5cc(-c6ccccc6)ccc5c4)c4ccc5c(ccc6c7ccccc7sc56)c4)ccc3c2)cc1. The second kappa shape index (κ2) is 11.7. The highest BCUT2D eigenvalue weighted by Gasteiger charge is 2.16. The van der Waals surface area contributed by atoms with Gasteiger partial charge < -0.3 is 4.90 Å². The zero-order valence-corrected chi connectivity index (χ0v) is 28.1. The Balaban J connectivity index is 1.12. The Bertz CT molecular complexity index is 2750. The second-order valence-corrected chi connectivity index (χ2v) is 14.1. The molecule has 0 spiro atoms. The molecular weight excluding hydrogens is 623 g/mol. The summed E-state index contributed by atoms with van der Waals surface area (Å²) in [6.07, 6.45) is 0. The van der Waals surface area contributed by atoms with Crippen molar-refractivity contribution in [3.8, 4) is 22.3 Å². The van der Waals surface area contributed by atoms with E-state index >= 15 is 0 Å². The monoisotopic (exact) mass is 653 g/mol. The number of anilines is 3. The molecule has 2 heteroatoms. The zero-order chi connectivity index (χ0) is 33.0. The fourth-order valence-electron chi connectivity index (χ4n) is 7.45. The summed E-state index contributed by atoms with van der Waals surface area (Å²) < 4.78 is 2.68. The Labute approximate surface area is 294 Å². The van der Waals surface area contributed by atoms with Gasteiger partial charge in [0.1, 0.15) is 0 Å². The van der Waals surface area contributed by atoms with E-state index in [-0.39, 0.29) is 0 Å². The van der Waals surface area contributed by atoms with E-state index < -0.39 is 0 Å². The van der Waals surface area contributed by atoms with Crippen molar-refractivity contribution in [2.45, 2.75) is 0 Å². The van der Waals surface area contributed by atoms with Crippen LogP contribution in [-0.2, 0) is 0 Å². The third kappa shape index (κ3) is 4.92. The highest BCUT2D eigenvalue weighted by atomic mass is 32.1. The van der Waals surface area contributed by atoms with Gasteiger partial charge in [-0.05, 0) is 109 Å². The van der Waals surface area contributed by atoms with Crippen molar-refractivity contribution in [3.05, 3.63) is 188 Å². The number of fused-ring (bicyclic) bond motifs is 7. The molecular formula is C48H31NS. The summed E-state index contributed by atoms with van der Waals surface area (Å²) in [5, 5.41) is 10.1. The van der Waals surface area contributed by atoms with Crippen molar-refractivity contribution in [1.82, 2.24) is 0 Å². The van der Waals surface area contributed by atoms with E-state index in [4.69, 9.17) is 0 Å². The van der Waals surface area contributed by atoms with Crippen molar-refractivity contribution in [3.63, 3.8) is 0 Å². The van der Waals surface area contributed by atoms with Crippen LogP contribution in [0.4, 0.5) is 17.1 Å². The molecule has 1 nitrogen and oxygen atoms in total. The lowest BCUT2D eigenvalue weighted by Crippen LogP contribution is -2.10. The van der Waals surface area contributed by atoms with Crippen LogP contribution in [0.25, 0.3) is 74.7 Å². The van der Waals surface area contributed by atoms with E-state index in [1.165, 1.54) is 74.7 Å². The molecule has 1 heterocycles. The maximum absolute atomic E-state index is 2.41. The molecule has 1 aromatic heterocycles. The van der Waals surface area contributed by atoms with Gasteiger partial charge in [0.05, 0.1) is 0 Å². The maximum atomic E-state index is 2.41. The van der Waals surface area contributed by atoms with Crippen LogP contribution in [0.1, 0.15) is 0 Å². The Hall–Kier alpha value is -6.22. The Morgan fingerprint density at radius 2 is 0.760 bits per heavy atom. The van der Waals surface area contributed by atoms with Crippen molar-refractivity contribution in [2.24, 2.45) is 0 Å². The Kier molecular flexibility index (Phi) is 6.75. The number of nitrogens with zero attached hydrogens (tertiary/aromatic N) is 1. The molecule has 0 atom stereocenters. The topological polar surface area (TPSA) is 3.24 Å². The Morgan fingerprint density at radius 1 is 0.300 bits per heavy atom. The van der Waals surface area contributed by atoms with Gasteiger partial charge in [0.2, 0.25) is 0 Å². The molecule has 0 aliphatic heterocycles. The molecule has 0 bridgehead atoms. The van der Waals surface area contributed by atoms with Crippen LogP contribution in [0.5, 0.6) is 0 Å². The molecule has 0 saturated heterocycles. The van der Waals surface area contributed by atoms with Crippen LogP contribution in [0.15, 0.2) is 188 Å². The molecule has 9 aromatic carbocycles. The van der Waals surface area contributed by atoms with Crippen LogP contribution in [0.2, 0.25) is 0 Å². The van der Waals surface area contributed by atoms with Crippen molar-refractivity contribution in [2.75, 3.05) is 4.90 Å². The molecule has 234 valence electrons. The van der Waals surface area contributed by atoms with Gasteiger partial charge in [-0.3, -0.25) is 0 Å². The van der Waals surface area contributed by atoms with Gasteiger partial charge in [-0.25, -0.2) is 0 Å². The first-order valence-corrected chi connectivity index (χ1v) is 17.9. The summed E-state index contributed by atoms with van der Waals surface area (Å²) in [4.78, 5) is 2.41. The van der Waals surface area contributed by atoms with Crippen LogP contribution >= 0.6 is 11.3 Å². The fourth-order valence-corrected chi connectivity index (χ4v) is 8.69. The van der Waals surface area contributed by atoms with Gasteiger partial charge >= 0.3 is 0 Å². The summed E-state index contributed by atoms with van der Waals surface area (Å²) in [7, 11) is 0. The van der Waals surface area contributed by atoms with E-state index in [0.717, 1.165) is 17.1 Å². The second-order valence-electron chi connectivity index (χ2n) is 13.0. The highest BCUT2D eigenvalue weighted by Crippen LogP contribution is 2.43. The minimum Gasteiger partial charge on any atom is -0.310 e. The minimum atomic E-state index is 1.13. The largest absolute Gasteiger partial charge is 0.310 e. The third-order valence-electron chi connectivity index (χ3n) is 9.98. The van der Waals surface area contributed by atoms with E-state index in [9.17, 15) is 0 Å². The van der Waals surface area contributed by atoms with Gasteiger partial charge in [-0.1, -0.05) is 133 Å². The zero-order valence-electron chi connectivity index (χ0n) is 27.3. The van der Waals surface area contributed by atoms with Crippen molar-refractivity contribution < 1.29 is 0 Å². The summed E-state index contributed by atoms with van der Waals surface area (Å²) in [5.41, 5.74) is 8.33. The Morgan fingerprint density at radius 3 is 1.38 bits per heavy atom. The van der Waals surface area contributed by atoms with E-state index in [0.29, 0.717) is 0 Å². The first kappa shape index (κ1) is 28.8. The molecule has 0 amide bonds. The van der Waals surface area contributed by atoms with E-state index in [2.05, 4.69) is 193 Å². The van der Waals surface area contributed by atoms with E-state index in [1.54, 1.807) is 0 Å². The summed E-state index contributed by atoms with van der Waals surface area (Å²) >= 11 is 1.89. The molecule has 10 aromatic rings. The van der Waals surface area contributed by atoms with Gasteiger partial charge in [0, 0.05) is 37.2 Å². The average molecular weight is 654 g/mol. The highest BCUT2D eigenvalue weighted by molar-refractivity contribution is 7.26. The smallest absolute Gasteiger partial charge is 0.0468 e. The van der Waals surface area contributed by atoms with Gasteiger partial charge in [-0.2, -0.15) is 0 Å². The molecule has 0 radical (unpaired) electrons. The number of thiophene rings is 1. The lowest BCUT2D eigenvalue weighted by Gasteiger charge is -2.27. The minimum absolute atomic E-state index is 1.13. The molecule has 0 unspecified atom stereocenters. The van der Waals surface area contributed by atoms with Gasteiger partial charge in [0.15, 0.2) is 0 Å². The number of benzene rings is 9. The normalized spacial score (nSPS) is 11.6. The first-order valence-electron chi connectivity index (χ1n) is 17.1. The maximum Gasteiger partial charge on any atom is 0.0468 e. The van der Waals surface area contributed by atoms with Crippen LogP contribution in [0.3, 0.4) is 0 Å². The number of rotatable bonds is 5. The quantitative estimate of drug-likeness (QED) is 0.179. The predicted molar refractivity (Wildman–Crippen MR) is 217 cm³/mol. The average Bonchev–Trinajstić information content (AvgIpc) is 3.57. The van der Waals surface area contributed by atoms with Gasteiger partial charge in [0.25, 0.3) is 0 Å². The van der Waals surface area contributed by atoms with Crippen molar-refractivity contribution in [1.29, 1.82) is 0 Å². The molecule has 0 saturated carbocycles. The molecule has 10 rings (SSSR count). The lowest BCUT2D eigenvalue weighted by atomic mass is 9.99. The van der Waals surface area contributed by atoms with Gasteiger partial charge in [-0.15, -0.1) is 11.3 Å². The first-order chi connectivity index (χ1) is 24.7. The predicted octanol–water partition coefficient (Wildman–Crippen LogP) is 14.3. The summed E-state index contributed by atoms with van der Waals surface area (Å²) in [5.74, 6) is 0. The number of hydrogen-bond acceptors (Lipinski definition) is 2. The lowest BCUT2D eigenvalue weighted by molar-refractivity contribution is 1.30. The fraction of sp³-hybridized carbons (Fsp3) is 0. The molecule has 0 N–H and O–H groups in total. The third-order valence-corrected chi connectivity index (χ3v) is 11.2. The molecule has 0 aliphatic rings. The van der Waals surface area contributed by atoms with Crippen LogP contribution < -0.4 is 4.90 Å². The van der Waals surface area contributed by atoms with E-state index in [1.807, 2.05) is 11.3 Å². The summed E-state index contributed by atoms with van der Waals surface area (Å²) in [6.45, 7) is 0. The van der Waals surface area contributed by atoms with Crippen molar-refractivity contribution >= 4 is 80.9 Å². The number of hydrogen-bond donors (Lipinski definition) is 0. The molecule has 50 heavy (non-hydrogen) atoms. The molecule has 0 fully saturated rings. The van der Waals surface area contributed by atoms with Crippen LogP contribution in [-0.4, -0.2) is 0 Å². The molecule has 0 aliphatic carbocycles. The van der Waals surface area contributed by atoms with Crippen LogP contribution in [0, 0.1) is 0 Å². The standard InChI is InChI=1S/C48H31NS/c1-3-9-32(10-4-1)34-15-17-38-29-41(22-19-36(38)27-34)49(42-23-20-37-28-35(16-18-39(37)30-42)33-11-5-2-6-12-33)43-24-26-44-40(31-43)21-25-46-45-13-7-8-14-47(45)50-48(44)46/h1-31H. The summed E-state index contributed by atoms with van der Waals surface area (Å²) in [6, 6.07) is 68.8.